The van der Waals surface area contributed by atoms with Gasteiger partial charge in [0.05, 0.1) is 62.7 Å². The highest BCUT2D eigenvalue weighted by Crippen LogP contribution is 2.22. The Hall–Kier alpha value is -14.1. The number of carbonyl (C=O) groups excluding carboxylic acids is 17. The molecule has 49 heteroatoms. The van der Waals surface area contributed by atoms with Crippen LogP contribution in [-0.4, -0.2) is 275 Å². The van der Waals surface area contributed by atoms with Crippen molar-refractivity contribution in [3.05, 3.63) is 95.7 Å². The summed E-state index contributed by atoms with van der Waals surface area (Å²) in [6.45, 7) is 2.40. The van der Waals surface area contributed by atoms with Gasteiger partial charge in [-0.3, -0.25) is 95.9 Å². The lowest BCUT2D eigenvalue weighted by Gasteiger charge is -2.30. The number of nitrogens with two attached hydrogens (primary N) is 3. The monoisotopic (exact) mass is 1900 g/mol. The Balaban J connectivity index is 1.61. The quantitative estimate of drug-likeness (QED) is 0.00856. The van der Waals surface area contributed by atoms with Crippen LogP contribution in [-0.2, 0) is 117 Å². The molecule has 14 unspecified atom stereocenters. The van der Waals surface area contributed by atoms with E-state index < -0.39 is 283 Å². The number of amides is 15. The number of carboxylic acids is 4. The maximum Gasteiger partial charge on any atom is 0.329 e. The summed E-state index contributed by atoms with van der Waals surface area (Å²) in [5.41, 5.74) is 19.3. The number of carboxylic acid groups (broad SMARTS) is 4. The van der Waals surface area contributed by atoms with Gasteiger partial charge in [0.25, 0.3) is 0 Å². The van der Waals surface area contributed by atoms with Gasteiger partial charge in [-0.2, -0.15) is 0 Å². The molecule has 1 aliphatic rings. The number of Topliss-reactive ketones (excluding diaryl/α,β-unsaturated/α-hetero) is 1. The van der Waals surface area contributed by atoms with Crippen molar-refractivity contribution in [2.75, 3.05) is 38.5 Å². The standard InChI is InChI=1S/C85H119N19O29S/c1-6-7-8-9-10-11-12-26-65(108)96-56(34-48-40-90-54-24-16-14-20-50(48)54)79(124)99-57(36-64(88)107)80(125)101-60(39-71(117)118)81(126)104-73-47(5)133-85(130)61(35-63(106)51-21-13-15-22-52(51)86)102-84(129)72(45(3)33-68(111)112)103-82(127)62(43-105)97-67(110)41-91-76(121)58(37-69(113)114)98-74(119)46(4)94-78(123)59(38-70(115)116)100-77(122)55(95-66(109)42-92-83(73)128)25-19-31-89-75(120)53(87)23-17-18-32-93-134(131,132)49-29-27-44(2)28-30-49/h13-16,20-22,24,27-30,40,45-47,53,55-62,72-73,90,93,105H,6-12,17-19,23,25-26,31-39,41-43,86-87H2,1-5H3,(H2,88,107)(H,89,120)(H,91,121)(H,92,128)(H,94,123)(H,95,109)(H,96,108)(H,97,110)(H,98,119)(H,99,124)(H,100,122)(H,101,125)(H,102,129)(H,103,127)(H,104,126)(H,111,112)(H,113,114)(H,115,116)(H,117,118). The SMILES string of the molecule is CCCCCCCCCC(=O)NC(Cc1c[nH]c2ccccc12)C(=O)NC(CC(N)=O)C(=O)NC(CC(=O)O)C(=O)NC1C(=O)NCC(=O)NC(CCCNC(=O)C(N)CCCCNS(=O)(=O)c2ccc(C)cc2)C(=O)NC(CC(=O)O)C(=O)NC(C)C(=O)NC(CC(=O)O)C(=O)NCC(=O)NC(CO)C(=O)NC(C(C)CC(=O)O)C(=O)NC(CC(=O)c2ccccc2N)C(=O)OC1C. The summed E-state index contributed by atoms with van der Waals surface area (Å²) < 4.78 is 33.9. The molecule has 2 heterocycles. The van der Waals surface area contributed by atoms with Crippen molar-refractivity contribution in [3.63, 3.8) is 0 Å². The number of cyclic esters (lactones) is 1. The number of hydrogen-bond acceptors (Lipinski definition) is 27. The predicted molar refractivity (Wildman–Crippen MR) is 472 cm³/mol. The van der Waals surface area contributed by atoms with Gasteiger partial charge >= 0.3 is 29.8 Å². The number of hydrogen-bond donors (Lipinski definition) is 24. The summed E-state index contributed by atoms with van der Waals surface area (Å²) in [6.07, 6.45) is -2.84. The Labute approximate surface area is 769 Å². The molecule has 14 atom stereocenters. The Morgan fingerprint density at radius 2 is 1.10 bits per heavy atom. The van der Waals surface area contributed by atoms with Crippen LogP contribution in [0.15, 0.2) is 83.9 Å². The number of sulfonamides is 1. The Morgan fingerprint density at radius 1 is 0.545 bits per heavy atom. The fraction of sp³-hybridized carbons (Fsp3) is 0.518. The first-order chi connectivity index (χ1) is 63.3. The van der Waals surface area contributed by atoms with E-state index in [0.717, 1.165) is 58.4 Å². The number of carbonyl (C=O) groups is 21. The number of esters is 1. The highest BCUT2D eigenvalue weighted by molar-refractivity contribution is 7.89. The van der Waals surface area contributed by atoms with E-state index in [1.807, 2.05) is 16.0 Å². The van der Waals surface area contributed by atoms with E-state index in [9.17, 15) is 125 Å². The summed E-state index contributed by atoms with van der Waals surface area (Å²) in [7, 11) is -3.90. The molecule has 134 heavy (non-hydrogen) atoms. The topological polar surface area (TPSA) is 777 Å². The van der Waals surface area contributed by atoms with Gasteiger partial charge in [-0.05, 0) is 94.7 Å². The molecule has 0 radical (unpaired) electrons. The first-order valence-electron chi connectivity index (χ1n) is 43.2. The number of anilines is 1. The van der Waals surface area contributed by atoms with Gasteiger partial charge in [-0.1, -0.05) is 107 Å². The molecule has 0 bridgehead atoms. The van der Waals surface area contributed by atoms with Crippen molar-refractivity contribution >= 4 is 151 Å². The van der Waals surface area contributed by atoms with E-state index in [0.29, 0.717) is 29.3 Å². The lowest BCUT2D eigenvalue weighted by Crippen LogP contribution is -2.62. The molecule has 0 saturated carbocycles. The van der Waals surface area contributed by atoms with E-state index in [2.05, 4.69) is 75.1 Å². The zero-order valence-corrected chi connectivity index (χ0v) is 75.3. The number of aliphatic carboxylic acids is 4. The predicted octanol–water partition coefficient (Wildman–Crippen LogP) is -4.68. The molecule has 27 N–H and O–H groups in total. The van der Waals surface area contributed by atoms with Gasteiger partial charge in [0.2, 0.25) is 98.6 Å². The third-order valence-corrected chi connectivity index (χ3v) is 22.5. The maximum absolute atomic E-state index is 15.0. The molecule has 3 aromatic carbocycles. The summed E-state index contributed by atoms with van der Waals surface area (Å²) in [5.74, 6) is -31.4. The van der Waals surface area contributed by atoms with E-state index in [4.69, 9.17) is 21.9 Å². The van der Waals surface area contributed by atoms with Crippen LogP contribution < -0.4 is 96.4 Å². The number of benzene rings is 3. The normalized spacial score (nSPS) is 20.2. The van der Waals surface area contributed by atoms with Crippen molar-refractivity contribution in [1.82, 2.24) is 84.1 Å². The molecule has 734 valence electrons. The number of ether oxygens (including phenoxy) is 1. The van der Waals surface area contributed by atoms with E-state index in [1.54, 1.807) is 49.5 Å². The third kappa shape index (κ3) is 38.0. The van der Waals surface area contributed by atoms with Gasteiger partial charge in [-0.15, -0.1) is 0 Å². The number of primary amides is 1. The van der Waals surface area contributed by atoms with Gasteiger partial charge in [0, 0.05) is 60.7 Å². The number of unbranched alkanes of at least 4 members (excludes halogenated alkanes) is 7. The molecular weight excluding hydrogens is 1780 g/mol. The molecule has 0 spiro atoms. The summed E-state index contributed by atoms with van der Waals surface area (Å²) in [6, 6.07) is -6.59. The van der Waals surface area contributed by atoms with E-state index >= 15 is 9.59 Å². The summed E-state index contributed by atoms with van der Waals surface area (Å²) >= 11 is 0. The maximum atomic E-state index is 15.0. The molecule has 5 rings (SSSR count). The molecule has 1 aromatic heterocycles. The molecule has 0 aliphatic carbocycles. The lowest BCUT2D eigenvalue weighted by atomic mass is 9.96. The van der Waals surface area contributed by atoms with Crippen LogP contribution in [0.4, 0.5) is 5.69 Å². The first kappa shape index (κ1) is 110. The first-order valence-corrected chi connectivity index (χ1v) is 44.7. The minimum Gasteiger partial charge on any atom is -0.481 e. The van der Waals surface area contributed by atoms with Crippen LogP contribution in [0.25, 0.3) is 10.9 Å². The van der Waals surface area contributed by atoms with Crippen molar-refractivity contribution in [1.29, 1.82) is 0 Å². The molecule has 15 amide bonds. The number of aromatic nitrogens is 1. The second kappa shape index (κ2) is 55.3. The molecule has 1 aliphatic heterocycles. The van der Waals surface area contributed by atoms with E-state index in [-0.39, 0.29) is 67.8 Å². The molecule has 1 saturated heterocycles. The van der Waals surface area contributed by atoms with Crippen molar-refractivity contribution in [2.24, 2.45) is 17.4 Å². The molecule has 1 fully saturated rings. The number of nitrogens with one attached hydrogen (secondary N) is 16. The second-order valence-corrected chi connectivity index (χ2v) is 33.8. The Kier molecular flexibility index (Phi) is 45.6. The number of para-hydroxylation sites is 2. The van der Waals surface area contributed by atoms with Crippen LogP contribution in [0.1, 0.15) is 171 Å². The number of aryl methyl sites for hydroxylation is 1. The zero-order valence-electron chi connectivity index (χ0n) is 74.4. The summed E-state index contributed by atoms with van der Waals surface area (Å²) in [5, 5.41) is 81.8. The van der Waals surface area contributed by atoms with Gasteiger partial charge in [0.1, 0.15) is 72.6 Å². The summed E-state index contributed by atoms with van der Waals surface area (Å²) in [4.78, 5) is 294. The molecule has 48 nitrogen and oxygen atoms in total. The molecule has 4 aromatic rings. The van der Waals surface area contributed by atoms with Crippen LogP contribution in [0.5, 0.6) is 0 Å². The lowest BCUT2D eigenvalue weighted by molar-refractivity contribution is -0.156. The highest BCUT2D eigenvalue weighted by Gasteiger charge is 2.42. The van der Waals surface area contributed by atoms with Crippen molar-refractivity contribution in [3.8, 4) is 0 Å². The largest absolute Gasteiger partial charge is 0.481 e. The van der Waals surface area contributed by atoms with Crippen LogP contribution in [0.2, 0.25) is 0 Å². The Bertz CT molecular complexity index is 5000. The second-order valence-electron chi connectivity index (χ2n) is 32.1. The average molecular weight is 1900 g/mol. The number of aromatic amines is 1. The number of ketones is 1. The smallest absolute Gasteiger partial charge is 0.329 e. The number of aliphatic hydroxyl groups is 1. The van der Waals surface area contributed by atoms with Gasteiger partial charge in [-0.25, -0.2) is 17.9 Å². The van der Waals surface area contributed by atoms with Crippen LogP contribution in [0, 0.1) is 12.8 Å². The minimum absolute atomic E-state index is 0.0104. The molecular formula is C85H119N19O29S. The number of aliphatic hydroxyl groups excluding tert-OH is 1. The average Bonchev–Trinajstić information content (AvgIpc) is 1.62. The van der Waals surface area contributed by atoms with Gasteiger partial charge in [0.15, 0.2) is 5.78 Å². The highest BCUT2D eigenvalue weighted by atomic mass is 32.2. The third-order valence-electron chi connectivity index (χ3n) is 21.0. The van der Waals surface area contributed by atoms with Crippen LogP contribution in [0.3, 0.4) is 0 Å². The number of H-pyrrole nitrogens is 1. The van der Waals surface area contributed by atoms with Crippen LogP contribution >= 0.6 is 0 Å². The zero-order chi connectivity index (χ0) is 99.6. The van der Waals surface area contributed by atoms with Gasteiger partial charge < -0.3 is 127 Å². The van der Waals surface area contributed by atoms with Crippen molar-refractivity contribution < 1.29 is 139 Å². The number of rotatable bonds is 44. The van der Waals surface area contributed by atoms with Crippen molar-refractivity contribution in [2.45, 2.75) is 247 Å². The number of nitrogen functional groups attached to an aromatic ring is 1. The Morgan fingerprint density at radius 3 is 1.72 bits per heavy atom. The van der Waals surface area contributed by atoms with E-state index in [1.165, 1.54) is 36.4 Å². The fourth-order valence-electron chi connectivity index (χ4n) is 13.7. The minimum atomic E-state index is -3.90. The number of fused-ring (bicyclic) bond motifs is 1. The fourth-order valence-corrected chi connectivity index (χ4v) is 14.8.